The predicted molar refractivity (Wildman–Crippen MR) is 76.2 cm³/mol. The maximum atomic E-state index is 11.8. The molecule has 0 bridgehead atoms. The van der Waals surface area contributed by atoms with E-state index in [1.165, 1.54) is 17.7 Å². The van der Waals surface area contributed by atoms with Crippen molar-refractivity contribution in [1.82, 2.24) is 4.90 Å². The summed E-state index contributed by atoms with van der Waals surface area (Å²) in [5, 5.41) is 11.8. The van der Waals surface area contributed by atoms with Crippen molar-refractivity contribution in [1.29, 1.82) is 0 Å². The fraction of sp³-hybridized carbons (Fsp3) is 0.667. The number of thiophene rings is 1. The first-order chi connectivity index (χ1) is 9.18. The van der Waals surface area contributed by atoms with E-state index in [1.54, 1.807) is 11.3 Å². The zero-order valence-corrected chi connectivity index (χ0v) is 12.0. The Morgan fingerprint density at radius 2 is 2.37 bits per heavy atom. The molecule has 1 aliphatic carbocycles. The Morgan fingerprint density at radius 1 is 1.53 bits per heavy atom. The normalized spacial score (nSPS) is 28.4. The van der Waals surface area contributed by atoms with Crippen LogP contribution >= 0.6 is 11.3 Å². The smallest absolute Gasteiger partial charge is 0.310 e. The van der Waals surface area contributed by atoms with Gasteiger partial charge in [-0.2, -0.15) is 0 Å². The Kier molecular flexibility index (Phi) is 3.63. The van der Waals surface area contributed by atoms with Crippen LogP contribution in [0.2, 0.25) is 0 Å². The molecule has 19 heavy (non-hydrogen) atoms. The van der Waals surface area contributed by atoms with Crippen molar-refractivity contribution in [3.05, 3.63) is 22.4 Å². The lowest BCUT2D eigenvalue weighted by Gasteiger charge is -2.40. The first-order valence-electron chi connectivity index (χ1n) is 7.16. The summed E-state index contributed by atoms with van der Waals surface area (Å²) in [6.45, 7) is 2.69. The monoisotopic (exact) mass is 279 g/mol. The number of carboxylic acids is 1. The lowest BCUT2D eigenvalue weighted by atomic mass is 9.75. The maximum Gasteiger partial charge on any atom is 0.310 e. The van der Waals surface area contributed by atoms with Crippen LogP contribution in [0.5, 0.6) is 0 Å². The standard InChI is InChI=1S/C15H21NO2S/c17-14(18)15(9-12-4-5-12)6-2-7-16(11-15)10-13-3-1-8-19-13/h1,3,8,12H,2,4-7,9-11H2,(H,17,18). The lowest BCUT2D eigenvalue weighted by Crippen LogP contribution is -2.47. The number of aliphatic carboxylic acids is 1. The van der Waals surface area contributed by atoms with Crippen LogP contribution in [-0.4, -0.2) is 29.1 Å². The highest BCUT2D eigenvalue weighted by atomic mass is 32.1. The van der Waals surface area contributed by atoms with Crippen LogP contribution in [0, 0.1) is 11.3 Å². The third-order valence-corrected chi connectivity index (χ3v) is 5.31. The van der Waals surface area contributed by atoms with Gasteiger partial charge in [0, 0.05) is 18.0 Å². The van der Waals surface area contributed by atoms with Crippen LogP contribution in [0.4, 0.5) is 0 Å². The fourth-order valence-corrected chi connectivity index (χ4v) is 4.03. The Morgan fingerprint density at radius 3 is 3.00 bits per heavy atom. The van der Waals surface area contributed by atoms with Crippen molar-refractivity contribution in [3.8, 4) is 0 Å². The summed E-state index contributed by atoms with van der Waals surface area (Å²) in [5.74, 6) is 0.105. The molecule has 1 N–H and O–H groups in total. The van der Waals surface area contributed by atoms with Gasteiger partial charge in [0.25, 0.3) is 0 Å². The molecule has 3 nitrogen and oxygen atoms in total. The van der Waals surface area contributed by atoms with Gasteiger partial charge in [0.1, 0.15) is 0 Å². The molecule has 1 aromatic rings. The summed E-state index contributed by atoms with van der Waals surface area (Å²) in [7, 11) is 0. The zero-order chi connectivity index (χ0) is 13.3. The van der Waals surface area contributed by atoms with Crippen molar-refractivity contribution in [2.45, 2.75) is 38.6 Å². The highest BCUT2D eigenvalue weighted by Gasteiger charge is 2.45. The van der Waals surface area contributed by atoms with Crippen molar-refractivity contribution in [2.75, 3.05) is 13.1 Å². The SMILES string of the molecule is O=C(O)C1(CC2CC2)CCCN(Cc2cccs2)C1. The fourth-order valence-electron chi connectivity index (χ4n) is 3.29. The van der Waals surface area contributed by atoms with E-state index in [-0.39, 0.29) is 0 Å². The predicted octanol–water partition coefficient (Wildman–Crippen LogP) is 3.22. The number of rotatable bonds is 5. The molecule has 0 spiro atoms. The molecule has 1 atom stereocenters. The van der Waals surface area contributed by atoms with Crippen molar-refractivity contribution >= 4 is 17.3 Å². The molecule has 4 heteroatoms. The van der Waals surface area contributed by atoms with E-state index in [0.29, 0.717) is 5.92 Å². The molecule has 2 aliphatic rings. The number of piperidine rings is 1. The summed E-state index contributed by atoms with van der Waals surface area (Å²) in [6.07, 6.45) is 5.24. The number of carbonyl (C=O) groups is 1. The first-order valence-corrected chi connectivity index (χ1v) is 8.04. The van der Waals surface area contributed by atoms with Gasteiger partial charge in [0.2, 0.25) is 0 Å². The summed E-state index contributed by atoms with van der Waals surface area (Å²) < 4.78 is 0. The van der Waals surface area contributed by atoms with E-state index >= 15 is 0 Å². The van der Waals surface area contributed by atoms with Crippen LogP contribution in [0.3, 0.4) is 0 Å². The van der Waals surface area contributed by atoms with Gasteiger partial charge in [0.15, 0.2) is 0 Å². The Hall–Kier alpha value is -0.870. The summed E-state index contributed by atoms with van der Waals surface area (Å²) in [4.78, 5) is 15.4. The van der Waals surface area contributed by atoms with E-state index in [2.05, 4.69) is 22.4 Å². The third-order valence-electron chi connectivity index (χ3n) is 4.45. The van der Waals surface area contributed by atoms with Gasteiger partial charge in [-0.05, 0) is 43.2 Å². The molecule has 1 saturated carbocycles. The van der Waals surface area contributed by atoms with Gasteiger partial charge in [-0.3, -0.25) is 9.69 Å². The lowest BCUT2D eigenvalue weighted by molar-refractivity contribution is -0.153. The van der Waals surface area contributed by atoms with E-state index in [4.69, 9.17) is 0 Å². The summed E-state index contributed by atoms with van der Waals surface area (Å²) in [5.41, 5.74) is -0.476. The quantitative estimate of drug-likeness (QED) is 0.899. The highest BCUT2D eigenvalue weighted by molar-refractivity contribution is 7.09. The second kappa shape index (κ2) is 5.25. The Bertz CT molecular complexity index is 441. The first kappa shape index (κ1) is 13.1. The second-order valence-corrected chi connectivity index (χ2v) is 7.16. The number of hydrogen-bond donors (Lipinski definition) is 1. The molecule has 104 valence electrons. The van der Waals surface area contributed by atoms with Crippen molar-refractivity contribution < 1.29 is 9.90 Å². The van der Waals surface area contributed by atoms with Crippen LogP contribution < -0.4 is 0 Å². The molecule has 1 saturated heterocycles. The molecule has 3 rings (SSSR count). The van der Waals surface area contributed by atoms with Crippen LogP contribution in [0.25, 0.3) is 0 Å². The van der Waals surface area contributed by atoms with Gasteiger partial charge in [-0.25, -0.2) is 0 Å². The maximum absolute atomic E-state index is 11.8. The van der Waals surface area contributed by atoms with E-state index < -0.39 is 11.4 Å². The zero-order valence-electron chi connectivity index (χ0n) is 11.2. The number of likely N-dealkylation sites (tertiary alicyclic amines) is 1. The molecule has 1 aromatic heterocycles. The molecule has 1 unspecified atom stereocenters. The molecule has 2 fully saturated rings. The molecule has 2 heterocycles. The molecular formula is C15H21NO2S. The van der Waals surface area contributed by atoms with Crippen LogP contribution in [0.1, 0.15) is 37.0 Å². The molecule has 0 aromatic carbocycles. The average Bonchev–Trinajstić information content (AvgIpc) is 3.03. The molecule has 0 radical (unpaired) electrons. The van der Waals surface area contributed by atoms with E-state index in [9.17, 15) is 9.90 Å². The minimum absolute atomic E-state index is 0.476. The molecule has 0 amide bonds. The van der Waals surface area contributed by atoms with Gasteiger partial charge in [-0.1, -0.05) is 18.9 Å². The van der Waals surface area contributed by atoms with Crippen LogP contribution in [-0.2, 0) is 11.3 Å². The summed E-state index contributed by atoms with van der Waals surface area (Å²) >= 11 is 1.76. The Labute approximate surface area is 118 Å². The number of nitrogens with zero attached hydrogens (tertiary/aromatic N) is 1. The minimum Gasteiger partial charge on any atom is -0.481 e. The van der Waals surface area contributed by atoms with Gasteiger partial charge in [0.05, 0.1) is 5.41 Å². The molecular weight excluding hydrogens is 258 g/mol. The molecule has 1 aliphatic heterocycles. The number of carboxylic acid groups (broad SMARTS) is 1. The third kappa shape index (κ3) is 3.00. The van der Waals surface area contributed by atoms with Crippen molar-refractivity contribution in [3.63, 3.8) is 0 Å². The van der Waals surface area contributed by atoms with Gasteiger partial charge >= 0.3 is 5.97 Å². The van der Waals surface area contributed by atoms with Crippen LogP contribution in [0.15, 0.2) is 17.5 Å². The number of hydrogen-bond acceptors (Lipinski definition) is 3. The second-order valence-electron chi connectivity index (χ2n) is 6.13. The van der Waals surface area contributed by atoms with E-state index in [1.807, 2.05) is 0 Å². The minimum atomic E-state index is -0.574. The average molecular weight is 279 g/mol. The van der Waals surface area contributed by atoms with Gasteiger partial charge < -0.3 is 5.11 Å². The Balaban J connectivity index is 1.68. The highest BCUT2D eigenvalue weighted by Crippen LogP contribution is 2.45. The topological polar surface area (TPSA) is 40.5 Å². The summed E-state index contributed by atoms with van der Waals surface area (Å²) in [6, 6.07) is 4.21. The largest absolute Gasteiger partial charge is 0.481 e. The van der Waals surface area contributed by atoms with Crippen molar-refractivity contribution in [2.24, 2.45) is 11.3 Å². The van der Waals surface area contributed by atoms with Gasteiger partial charge in [-0.15, -0.1) is 11.3 Å². The van der Waals surface area contributed by atoms with E-state index in [0.717, 1.165) is 38.9 Å².